The standard InChI is InChI=1S/C57H48N2O2/c1-32-33(2)45-31-49-47-29-39(37-15-13-21-43(27-37)61-5)23-25-51(47)59(41-18-10-7-11-19-41)57(49)53-35(4)34(3)52-54(55(45)53)44(32)30-48-46-28-38(36-14-12-20-42(60)26-36)22-24-50(46)58(56(48)52)40-16-8-6-9-17-40/h6-22,24,26-35,60H,23,25H2,1-5H3. The van der Waals surface area contributed by atoms with Gasteiger partial charge in [0.1, 0.15) is 11.5 Å². The normalized spacial score (nSPS) is 18.9. The van der Waals surface area contributed by atoms with E-state index >= 15 is 0 Å². The van der Waals surface area contributed by atoms with E-state index in [-0.39, 0.29) is 17.6 Å². The Morgan fingerprint density at radius 2 is 1.13 bits per heavy atom. The van der Waals surface area contributed by atoms with Crippen LogP contribution in [0.25, 0.3) is 78.0 Å². The molecule has 0 spiro atoms. The van der Waals surface area contributed by atoms with Crippen molar-refractivity contribution in [1.82, 2.24) is 9.13 Å². The number of aromatic hydroxyl groups is 1. The van der Waals surface area contributed by atoms with Gasteiger partial charge < -0.3 is 19.0 Å². The van der Waals surface area contributed by atoms with Crippen LogP contribution in [0.3, 0.4) is 0 Å². The predicted molar refractivity (Wildman–Crippen MR) is 253 cm³/mol. The first-order chi connectivity index (χ1) is 29.8. The van der Waals surface area contributed by atoms with Gasteiger partial charge in [0.15, 0.2) is 0 Å². The molecule has 3 aliphatic rings. The molecule has 4 nitrogen and oxygen atoms in total. The van der Waals surface area contributed by atoms with E-state index in [4.69, 9.17) is 4.74 Å². The maximum Gasteiger partial charge on any atom is 0.119 e. The zero-order valence-corrected chi connectivity index (χ0v) is 35.3. The summed E-state index contributed by atoms with van der Waals surface area (Å²) in [5.74, 6) is 2.30. The van der Waals surface area contributed by atoms with Crippen LogP contribution in [0, 0.1) is 0 Å². The summed E-state index contributed by atoms with van der Waals surface area (Å²) in [7, 11) is 1.75. The van der Waals surface area contributed by atoms with Crippen molar-refractivity contribution in [3.8, 4) is 45.1 Å². The number of nitrogens with zero attached hydrogens (tertiary/aromatic N) is 2. The average Bonchev–Trinajstić information content (AvgIpc) is 3.81. The average molecular weight is 793 g/mol. The fourth-order valence-corrected chi connectivity index (χ4v) is 11.5. The van der Waals surface area contributed by atoms with Gasteiger partial charge >= 0.3 is 0 Å². The van der Waals surface area contributed by atoms with E-state index in [1.54, 1.807) is 13.2 Å². The highest BCUT2D eigenvalue weighted by Crippen LogP contribution is 2.61. The monoisotopic (exact) mass is 792 g/mol. The van der Waals surface area contributed by atoms with Gasteiger partial charge in [0, 0.05) is 38.8 Å². The van der Waals surface area contributed by atoms with Crippen molar-refractivity contribution in [2.24, 2.45) is 0 Å². The summed E-state index contributed by atoms with van der Waals surface area (Å²) in [6.07, 6.45) is 4.43. The van der Waals surface area contributed by atoms with Crippen LogP contribution in [0.15, 0.2) is 140 Å². The molecule has 0 amide bonds. The highest BCUT2D eigenvalue weighted by Gasteiger charge is 2.43. The minimum Gasteiger partial charge on any atom is -0.508 e. The van der Waals surface area contributed by atoms with Crippen LogP contribution in [-0.4, -0.2) is 21.4 Å². The van der Waals surface area contributed by atoms with E-state index in [1.807, 2.05) is 18.2 Å². The van der Waals surface area contributed by atoms with Crippen molar-refractivity contribution in [1.29, 1.82) is 0 Å². The Kier molecular flexibility index (Phi) is 7.91. The van der Waals surface area contributed by atoms with E-state index in [1.165, 1.54) is 99.9 Å². The summed E-state index contributed by atoms with van der Waals surface area (Å²) in [5.41, 5.74) is 22.6. The van der Waals surface area contributed by atoms with Crippen molar-refractivity contribution in [2.45, 2.75) is 64.2 Å². The number of benzene rings is 7. The van der Waals surface area contributed by atoms with Crippen molar-refractivity contribution < 1.29 is 9.84 Å². The number of fused-ring (bicyclic) bond motifs is 8. The Bertz CT molecular complexity index is 3310. The third kappa shape index (κ3) is 5.11. The summed E-state index contributed by atoms with van der Waals surface area (Å²) >= 11 is 0. The third-order valence-electron chi connectivity index (χ3n) is 14.8. The van der Waals surface area contributed by atoms with Crippen LogP contribution >= 0.6 is 0 Å². The lowest BCUT2D eigenvalue weighted by atomic mass is 9.62. The maximum atomic E-state index is 10.5. The van der Waals surface area contributed by atoms with Gasteiger partial charge in [-0.2, -0.15) is 0 Å². The molecule has 0 bridgehead atoms. The molecule has 3 aliphatic carbocycles. The number of para-hydroxylation sites is 2. The molecule has 0 radical (unpaired) electrons. The Balaban J connectivity index is 1.20. The van der Waals surface area contributed by atoms with E-state index in [2.05, 4.69) is 158 Å². The molecule has 0 saturated carbocycles. The van der Waals surface area contributed by atoms with E-state index < -0.39 is 0 Å². The quantitative estimate of drug-likeness (QED) is 0.189. The van der Waals surface area contributed by atoms with E-state index in [0.717, 1.165) is 29.7 Å². The molecular weight excluding hydrogens is 745 g/mol. The number of phenols is 1. The molecule has 298 valence electrons. The van der Waals surface area contributed by atoms with Crippen molar-refractivity contribution in [3.05, 3.63) is 179 Å². The number of hydrogen-bond donors (Lipinski definition) is 1. The fraction of sp³-hybridized carbons (Fsp3) is 0.193. The number of phenolic OH excluding ortho intramolecular Hbond substituents is 1. The number of aromatic nitrogens is 2. The number of ether oxygens (including phenoxy) is 1. The first-order valence-corrected chi connectivity index (χ1v) is 21.9. The summed E-state index contributed by atoms with van der Waals surface area (Å²) in [5, 5.41) is 14.4. The summed E-state index contributed by atoms with van der Waals surface area (Å²) in [6.45, 7) is 9.92. The van der Waals surface area contributed by atoms with E-state index in [0.29, 0.717) is 11.8 Å². The van der Waals surface area contributed by atoms with Gasteiger partial charge in [0.2, 0.25) is 0 Å². The maximum absolute atomic E-state index is 10.5. The van der Waals surface area contributed by atoms with Crippen LogP contribution in [-0.2, 0) is 6.42 Å². The zero-order chi connectivity index (χ0) is 41.3. The van der Waals surface area contributed by atoms with Crippen molar-refractivity contribution >= 4 is 44.4 Å². The molecule has 61 heavy (non-hydrogen) atoms. The number of methoxy groups -OCH3 is 1. The molecule has 12 rings (SSSR count). The molecule has 2 aromatic heterocycles. The Hall–Kier alpha value is -6.78. The van der Waals surface area contributed by atoms with Gasteiger partial charge in [-0.15, -0.1) is 0 Å². The molecule has 0 aliphatic heterocycles. The second kappa shape index (κ2) is 13.4. The summed E-state index contributed by atoms with van der Waals surface area (Å²) in [6, 6.07) is 50.3. The summed E-state index contributed by atoms with van der Waals surface area (Å²) < 4.78 is 10.9. The highest BCUT2D eigenvalue weighted by molar-refractivity contribution is 6.15. The molecule has 4 unspecified atom stereocenters. The second-order valence-electron chi connectivity index (χ2n) is 17.8. The number of allylic oxidation sites excluding steroid dienone is 1. The highest BCUT2D eigenvalue weighted by atomic mass is 16.5. The molecule has 2 heterocycles. The first kappa shape index (κ1) is 36.1. The lowest BCUT2D eigenvalue weighted by Gasteiger charge is -2.42. The van der Waals surface area contributed by atoms with Crippen molar-refractivity contribution in [3.63, 3.8) is 0 Å². The molecule has 1 N–H and O–H groups in total. The van der Waals surface area contributed by atoms with Crippen LogP contribution in [0.2, 0.25) is 0 Å². The van der Waals surface area contributed by atoms with Crippen LogP contribution in [0.5, 0.6) is 11.5 Å². The van der Waals surface area contributed by atoms with Gasteiger partial charge in [0.25, 0.3) is 0 Å². The lowest BCUT2D eigenvalue weighted by molar-refractivity contribution is 0.414. The van der Waals surface area contributed by atoms with E-state index in [9.17, 15) is 5.11 Å². The Morgan fingerprint density at radius 3 is 1.80 bits per heavy atom. The van der Waals surface area contributed by atoms with Gasteiger partial charge in [-0.3, -0.25) is 0 Å². The zero-order valence-electron chi connectivity index (χ0n) is 35.3. The van der Waals surface area contributed by atoms with Crippen LogP contribution < -0.4 is 4.74 Å². The lowest BCUT2D eigenvalue weighted by Crippen LogP contribution is -2.24. The smallest absolute Gasteiger partial charge is 0.119 e. The van der Waals surface area contributed by atoms with Gasteiger partial charge in [-0.25, -0.2) is 0 Å². The molecule has 4 atom stereocenters. The molecule has 7 aromatic carbocycles. The van der Waals surface area contributed by atoms with Gasteiger partial charge in [0.05, 0.1) is 23.7 Å². The first-order valence-electron chi connectivity index (χ1n) is 21.9. The third-order valence-corrected chi connectivity index (χ3v) is 14.8. The SMILES string of the molecule is COc1cccc(C2=Cc3c(n(-c4ccccc4)c4c5c6c(cc34)C(C)C(C)c3cc4c7cc(-c8cccc(O)c8)ccc7n(-c7ccccc7)c4c(c3-6)C(C)C5C)CC2)c1. The topological polar surface area (TPSA) is 39.3 Å². The Labute approximate surface area is 357 Å². The molecule has 0 fully saturated rings. The number of rotatable bonds is 5. The molecule has 9 aromatic rings. The van der Waals surface area contributed by atoms with Crippen molar-refractivity contribution in [2.75, 3.05) is 7.11 Å². The Morgan fingerprint density at radius 1 is 0.525 bits per heavy atom. The predicted octanol–water partition coefficient (Wildman–Crippen LogP) is 14.7. The van der Waals surface area contributed by atoms with Crippen LogP contribution in [0.1, 0.15) is 96.9 Å². The van der Waals surface area contributed by atoms with Gasteiger partial charge in [-0.1, -0.05) is 94.4 Å². The molecule has 0 saturated heterocycles. The molecule has 4 heteroatoms. The minimum atomic E-state index is 0.236. The van der Waals surface area contributed by atoms with Crippen LogP contribution in [0.4, 0.5) is 0 Å². The largest absolute Gasteiger partial charge is 0.508 e. The number of hydrogen-bond acceptors (Lipinski definition) is 2. The second-order valence-corrected chi connectivity index (χ2v) is 17.8. The van der Waals surface area contributed by atoms with Gasteiger partial charge in [-0.05, 0) is 171 Å². The summed E-state index contributed by atoms with van der Waals surface area (Å²) in [4.78, 5) is 0. The minimum absolute atomic E-state index is 0.236. The molecular formula is C57H48N2O2. The fourth-order valence-electron chi connectivity index (χ4n) is 11.5.